The van der Waals surface area contributed by atoms with E-state index in [0.29, 0.717) is 6.04 Å². The highest BCUT2D eigenvalue weighted by Crippen LogP contribution is 2.17. The monoisotopic (exact) mass is 290 g/mol. The Morgan fingerprint density at radius 3 is 2.76 bits per heavy atom. The van der Waals surface area contributed by atoms with Gasteiger partial charge in [0.05, 0.1) is 0 Å². The molecule has 1 fully saturated rings. The Kier molecular flexibility index (Phi) is 5.59. The molecule has 3 N–H and O–H groups in total. The molecule has 0 bridgehead atoms. The zero-order valence-electron chi connectivity index (χ0n) is 13.0. The first-order valence-electron chi connectivity index (χ1n) is 7.63. The van der Waals surface area contributed by atoms with E-state index in [1.807, 2.05) is 18.2 Å². The molecule has 1 aliphatic rings. The average molecular weight is 290 g/mol. The molecule has 0 unspecified atom stereocenters. The largest absolute Gasteiger partial charge is 0.409 e. The van der Waals surface area contributed by atoms with Crippen LogP contribution in [0.5, 0.6) is 0 Å². The Labute approximate surface area is 127 Å². The van der Waals surface area contributed by atoms with Gasteiger partial charge in [-0.15, -0.1) is 0 Å². The molecule has 1 saturated heterocycles. The van der Waals surface area contributed by atoms with Crippen LogP contribution in [0.25, 0.3) is 0 Å². The van der Waals surface area contributed by atoms with Gasteiger partial charge in [-0.3, -0.25) is 4.90 Å². The zero-order valence-corrected chi connectivity index (χ0v) is 13.0. The maximum Gasteiger partial charge on any atom is 0.170 e. The molecule has 1 aromatic rings. The molecule has 0 aliphatic carbocycles. The van der Waals surface area contributed by atoms with Crippen molar-refractivity contribution >= 4 is 5.84 Å². The van der Waals surface area contributed by atoms with E-state index in [2.05, 4.69) is 35.0 Å². The lowest BCUT2D eigenvalue weighted by atomic mass is 10.0. The van der Waals surface area contributed by atoms with Gasteiger partial charge in [0.15, 0.2) is 5.84 Å². The van der Waals surface area contributed by atoms with Crippen LogP contribution in [0, 0.1) is 0 Å². The number of hydrogen-bond donors (Lipinski definition) is 2. The molecular formula is C16H26N4O. The fourth-order valence-corrected chi connectivity index (χ4v) is 2.98. The van der Waals surface area contributed by atoms with Gasteiger partial charge in [0.1, 0.15) is 0 Å². The first kappa shape index (κ1) is 15.8. The van der Waals surface area contributed by atoms with Crippen LogP contribution in [0.4, 0.5) is 0 Å². The third-order valence-corrected chi connectivity index (χ3v) is 4.39. The van der Waals surface area contributed by atoms with Crippen LogP contribution in [0.15, 0.2) is 29.4 Å². The summed E-state index contributed by atoms with van der Waals surface area (Å²) in [6.07, 6.45) is 2.45. The summed E-state index contributed by atoms with van der Waals surface area (Å²) < 4.78 is 0. The second-order valence-electron chi connectivity index (χ2n) is 5.77. The van der Waals surface area contributed by atoms with E-state index >= 15 is 0 Å². The summed E-state index contributed by atoms with van der Waals surface area (Å²) in [5.41, 5.74) is 7.61. The van der Waals surface area contributed by atoms with Crippen molar-refractivity contribution in [3.63, 3.8) is 0 Å². The number of nitrogens with two attached hydrogens (primary N) is 1. The fourth-order valence-electron chi connectivity index (χ4n) is 2.98. The van der Waals surface area contributed by atoms with Crippen molar-refractivity contribution in [1.29, 1.82) is 0 Å². The van der Waals surface area contributed by atoms with Crippen LogP contribution in [0.1, 0.15) is 30.9 Å². The Morgan fingerprint density at radius 2 is 2.14 bits per heavy atom. The van der Waals surface area contributed by atoms with Crippen LogP contribution in [0.3, 0.4) is 0 Å². The molecule has 0 spiro atoms. The van der Waals surface area contributed by atoms with Crippen LogP contribution in [-0.2, 0) is 6.54 Å². The standard InChI is InChI=1S/C16H26N4O/c1-3-20-9-7-15(8-10-20)19(2)12-13-5-4-6-14(11-13)16(17)18-21/h4-6,11,15,21H,3,7-10,12H2,1-2H3,(H2,17,18). The summed E-state index contributed by atoms with van der Waals surface area (Å²) >= 11 is 0. The van der Waals surface area contributed by atoms with Gasteiger partial charge in [0.25, 0.3) is 0 Å². The Bertz CT molecular complexity index is 481. The van der Waals surface area contributed by atoms with E-state index in [1.165, 1.54) is 31.5 Å². The predicted molar refractivity (Wildman–Crippen MR) is 85.6 cm³/mol. The van der Waals surface area contributed by atoms with E-state index in [4.69, 9.17) is 10.9 Å². The molecule has 1 aliphatic heterocycles. The number of nitrogens with zero attached hydrogens (tertiary/aromatic N) is 3. The number of hydrogen-bond acceptors (Lipinski definition) is 4. The molecule has 0 radical (unpaired) electrons. The number of likely N-dealkylation sites (tertiary alicyclic amines) is 1. The molecule has 0 amide bonds. The van der Waals surface area contributed by atoms with E-state index in [0.717, 1.165) is 18.7 Å². The summed E-state index contributed by atoms with van der Waals surface area (Å²) in [5.74, 6) is 0.163. The molecule has 2 rings (SSSR count). The van der Waals surface area contributed by atoms with Crippen LogP contribution < -0.4 is 5.73 Å². The maximum absolute atomic E-state index is 8.76. The lowest BCUT2D eigenvalue weighted by Gasteiger charge is -2.36. The highest BCUT2D eigenvalue weighted by Gasteiger charge is 2.21. The zero-order chi connectivity index (χ0) is 15.2. The predicted octanol–water partition coefficient (Wildman–Crippen LogP) is 1.70. The number of oxime groups is 1. The summed E-state index contributed by atoms with van der Waals surface area (Å²) in [7, 11) is 2.18. The van der Waals surface area contributed by atoms with E-state index in [9.17, 15) is 0 Å². The van der Waals surface area contributed by atoms with Crippen LogP contribution >= 0.6 is 0 Å². The van der Waals surface area contributed by atoms with E-state index in [1.54, 1.807) is 0 Å². The van der Waals surface area contributed by atoms with Crippen molar-refractivity contribution in [2.24, 2.45) is 10.9 Å². The van der Waals surface area contributed by atoms with Gasteiger partial charge in [-0.2, -0.15) is 0 Å². The number of piperidine rings is 1. The van der Waals surface area contributed by atoms with Crippen LogP contribution in [0.2, 0.25) is 0 Å². The SMILES string of the molecule is CCN1CCC(N(C)Cc2cccc(C(N)=NO)c2)CC1. The molecular weight excluding hydrogens is 264 g/mol. The smallest absolute Gasteiger partial charge is 0.170 e. The Morgan fingerprint density at radius 1 is 1.43 bits per heavy atom. The van der Waals surface area contributed by atoms with Crippen molar-refractivity contribution in [1.82, 2.24) is 9.80 Å². The van der Waals surface area contributed by atoms with Crippen molar-refractivity contribution in [2.45, 2.75) is 32.4 Å². The summed E-state index contributed by atoms with van der Waals surface area (Å²) in [4.78, 5) is 4.92. The summed E-state index contributed by atoms with van der Waals surface area (Å²) in [6, 6.07) is 8.54. The van der Waals surface area contributed by atoms with Crippen molar-refractivity contribution < 1.29 is 5.21 Å². The van der Waals surface area contributed by atoms with Gasteiger partial charge in [-0.25, -0.2) is 0 Å². The lowest BCUT2D eigenvalue weighted by molar-refractivity contribution is 0.127. The molecule has 1 aromatic carbocycles. The van der Waals surface area contributed by atoms with Crippen LogP contribution in [-0.4, -0.2) is 53.6 Å². The minimum atomic E-state index is 0.163. The van der Waals surface area contributed by atoms with Gasteiger partial charge in [0.2, 0.25) is 0 Å². The molecule has 21 heavy (non-hydrogen) atoms. The van der Waals surface area contributed by atoms with Gasteiger partial charge < -0.3 is 15.8 Å². The van der Waals surface area contributed by atoms with Gasteiger partial charge in [-0.05, 0) is 51.2 Å². The molecule has 5 heteroatoms. The van der Waals surface area contributed by atoms with Gasteiger partial charge in [-0.1, -0.05) is 30.3 Å². The van der Waals surface area contributed by atoms with Crippen molar-refractivity contribution in [3.8, 4) is 0 Å². The fraction of sp³-hybridized carbons (Fsp3) is 0.562. The van der Waals surface area contributed by atoms with Gasteiger partial charge in [0, 0.05) is 18.2 Å². The molecule has 116 valence electrons. The lowest BCUT2D eigenvalue weighted by Crippen LogP contribution is -2.42. The van der Waals surface area contributed by atoms with Crippen molar-refractivity contribution in [2.75, 3.05) is 26.7 Å². The third-order valence-electron chi connectivity index (χ3n) is 4.39. The van der Waals surface area contributed by atoms with E-state index in [-0.39, 0.29) is 5.84 Å². The quantitative estimate of drug-likeness (QED) is 0.375. The number of rotatable bonds is 5. The normalized spacial score (nSPS) is 18.3. The first-order valence-corrected chi connectivity index (χ1v) is 7.63. The third kappa shape index (κ3) is 4.19. The minimum absolute atomic E-state index is 0.163. The highest BCUT2D eigenvalue weighted by molar-refractivity contribution is 5.97. The number of amidine groups is 1. The second kappa shape index (κ2) is 7.43. The number of benzene rings is 1. The summed E-state index contributed by atoms with van der Waals surface area (Å²) in [5, 5.41) is 11.8. The maximum atomic E-state index is 8.76. The summed E-state index contributed by atoms with van der Waals surface area (Å²) in [6.45, 7) is 6.65. The van der Waals surface area contributed by atoms with Gasteiger partial charge >= 0.3 is 0 Å². The molecule has 0 saturated carbocycles. The van der Waals surface area contributed by atoms with Crippen molar-refractivity contribution in [3.05, 3.63) is 35.4 Å². The molecule has 0 atom stereocenters. The Hall–Kier alpha value is -1.59. The first-order chi connectivity index (χ1) is 10.1. The molecule has 1 heterocycles. The second-order valence-corrected chi connectivity index (χ2v) is 5.77. The highest BCUT2D eigenvalue weighted by atomic mass is 16.4. The molecule has 5 nitrogen and oxygen atoms in total. The minimum Gasteiger partial charge on any atom is -0.409 e. The van der Waals surface area contributed by atoms with E-state index < -0.39 is 0 Å². The Balaban J connectivity index is 1.95. The average Bonchev–Trinajstić information content (AvgIpc) is 2.54. The topological polar surface area (TPSA) is 65.1 Å². The molecule has 0 aromatic heterocycles.